The molecule has 2 rings (SSSR count). The zero-order valence-corrected chi connectivity index (χ0v) is 10.8. The molecule has 1 unspecified atom stereocenters. The Hall–Kier alpha value is -0.940. The van der Waals surface area contributed by atoms with Crippen LogP contribution in [-0.4, -0.2) is 41.2 Å². The number of aromatic nitrogens is 2. The first-order valence-electron chi connectivity index (χ1n) is 6.50. The topological polar surface area (TPSA) is 54.2 Å². The third kappa shape index (κ3) is 3.78. The van der Waals surface area contributed by atoms with Crippen molar-refractivity contribution in [2.24, 2.45) is 5.92 Å². The Balaban J connectivity index is 1.80. The number of rotatable bonds is 5. The molecule has 1 aromatic rings. The largest absolute Gasteiger partial charge is 0.338 e. The van der Waals surface area contributed by atoms with Crippen LogP contribution in [0.2, 0.25) is 0 Å². The summed E-state index contributed by atoms with van der Waals surface area (Å²) in [5.41, 5.74) is 0. The van der Waals surface area contributed by atoms with Gasteiger partial charge in [0.05, 0.1) is 6.54 Å². The van der Waals surface area contributed by atoms with E-state index in [0.717, 1.165) is 50.4 Å². The van der Waals surface area contributed by atoms with Crippen molar-refractivity contribution >= 4 is 0 Å². The Morgan fingerprint density at radius 3 is 3.12 bits per heavy atom. The van der Waals surface area contributed by atoms with Crippen molar-refractivity contribution in [3.63, 3.8) is 0 Å². The molecule has 0 aromatic carbocycles. The molecule has 17 heavy (non-hydrogen) atoms. The van der Waals surface area contributed by atoms with Crippen molar-refractivity contribution < 1.29 is 4.52 Å². The first kappa shape index (κ1) is 12.5. The van der Waals surface area contributed by atoms with E-state index in [0.29, 0.717) is 0 Å². The van der Waals surface area contributed by atoms with Crippen molar-refractivity contribution in [2.45, 2.75) is 33.2 Å². The van der Waals surface area contributed by atoms with Gasteiger partial charge in [0.25, 0.3) is 0 Å². The van der Waals surface area contributed by atoms with Crippen molar-refractivity contribution in [1.82, 2.24) is 20.4 Å². The molecular formula is C12H22N4O. The standard InChI is InChI=1S/C12H22N4O/c1-3-13-7-11-5-4-6-16(8-11)9-12-14-10(2)15-17-12/h11,13H,3-9H2,1-2H3. The average molecular weight is 238 g/mol. The van der Waals surface area contributed by atoms with E-state index in [-0.39, 0.29) is 0 Å². The van der Waals surface area contributed by atoms with Gasteiger partial charge in [0, 0.05) is 6.54 Å². The molecule has 0 amide bonds. The number of aryl methyl sites for hydroxylation is 1. The Labute approximate surface area is 103 Å². The van der Waals surface area contributed by atoms with E-state index >= 15 is 0 Å². The van der Waals surface area contributed by atoms with Gasteiger partial charge in [-0.1, -0.05) is 12.1 Å². The highest BCUT2D eigenvalue weighted by Gasteiger charge is 2.20. The van der Waals surface area contributed by atoms with Gasteiger partial charge in [0.15, 0.2) is 5.82 Å². The van der Waals surface area contributed by atoms with Gasteiger partial charge in [-0.05, 0) is 45.3 Å². The Bertz CT molecular complexity index is 339. The molecule has 1 N–H and O–H groups in total. The summed E-state index contributed by atoms with van der Waals surface area (Å²) in [5, 5.41) is 7.25. The van der Waals surface area contributed by atoms with E-state index in [1.165, 1.54) is 12.8 Å². The van der Waals surface area contributed by atoms with Gasteiger partial charge >= 0.3 is 0 Å². The van der Waals surface area contributed by atoms with Gasteiger partial charge in [-0.2, -0.15) is 4.98 Å². The van der Waals surface area contributed by atoms with Crippen LogP contribution in [0.15, 0.2) is 4.52 Å². The van der Waals surface area contributed by atoms with Crippen molar-refractivity contribution in [1.29, 1.82) is 0 Å². The van der Waals surface area contributed by atoms with E-state index in [4.69, 9.17) is 4.52 Å². The molecule has 0 spiro atoms. The summed E-state index contributed by atoms with van der Waals surface area (Å²) in [7, 11) is 0. The summed E-state index contributed by atoms with van der Waals surface area (Å²) in [4.78, 5) is 6.67. The number of hydrogen-bond acceptors (Lipinski definition) is 5. The number of piperidine rings is 1. The third-order valence-electron chi connectivity index (χ3n) is 3.21. The molecule has 2 heterocycles. The molecule has 0 radical (unpaired) electrons. The second kappa shape index (κ2) is 6.12. The van der Waals surface area contributed by atoms with Crippen molar-refractivity contribution in [3.05, 3.63) is 11.7 Å². The predicted molar refractivity (Wildman–Crippen MR) is 65.6 cm³/mol. The summed E-state index contributed by atoms with van der Waals surface area (Å²) in [6.07, 6.45) is 2.59. The fourth-order valence-corrected chi connectivity index (χ4v) is 2.41. The molecule has 1 aromatic heterocycles. The smallest absolute Gasteiger partial charge is 0.240 e. The van der Waals surface area contributed by atoms with Crippen LogP contribution in [-0.2, 0) is 6.54 Å². The van der Waals surface area contributed by atoms with Crippen LogP contribution in [0.3, 0.4) is 0 Å². The molecular weight excluding hydrogens is 216 g/mol. The number of likely N-dealkylation sites (tertiary alicyclic amines) is 1. The van der Waals surface area contributed by atoms with Crippen LogP contribution in [0.1, 0.15) is 31.5 Å². The lowest BCUT2D eigenvalue weighted by molar-refractivity contribution is 0.149. The highest BCUT2D eigenvalue weighted by molar-refractivity contribution is 4.84. The third-order valence-corrected chi connectivity index (χ3v) is 3.21. The van der Waals surface area contributed by atoms with Gasteiger partial charge in [0.1, 0.15) is 0 Å². The molecule has 5 nitrogen and oxygen atoms in total. The normalized spacial score (nSPS) is 21.9. The minimum Gasteiger partial charge on any atom is -0.338 e. The zero-order chi connectivity index (χ0) is 12.1. The van der Waals surface area contributed by atoms with Crippen molar-refractivity contribution in [2.75, 3.05) is 26.2 Å². The molecule has 96 valence electrons. The van der Waals surface area contributed by atoms with Crippen LogP contribution >= 0.6 is 0 Å². The van der Waals surface area contributed by atoms with Crippen LogP contribution in [0.4, 0.5) is 0 Å². The van der Waals surface area contributed by atoms with E-state index in [1.54, 1.807) is 0 Å². The Morgan fingerprint density at radius 2 is 2.41 bits per heavy atom. The maximum atomic E-state index is 5.17. The minimum absolute atomic E-state index is 0.723. The van der Waals surface area contributed by atoms with Crippen LogP contribution in [0.5, 0.6) is 0 Å². The summed E-state index contributed by atoms with van der Waals surface area (Å²) in [6.45, 7) is 9.26. The van der Waals surface area contributed by atoms with E-state index in [9.17, 15) is 0 Å². The highest BCUT2D eigenvalue weighted by Crippen LogP contribution is 2.17. The molecule has 1 atom stereocenters. The Morgan fingerprint density at radius 1 is 1.53 bits per heavy atom. The number of nitrogens with one attached hydrogen (secondary N) is 1. The lowest BCUT2D eigenvalue weighted by Crippen LogP contribution is -2.39. The summed E-state index contributed by atoms with van der Waals surface area (Å²) in [6, 6.07) is 0. The van der Waals surface area contributed by atoms with Crippen LogP contribution < -0.4 is 5.32 Å². The van der Waals surface area contributed by atoms with Crippen LogP contribution in [0.25, 0.3) is 0 Å². The summed E-state index contributed by atoms with van der Waals surface area (Å²) in [5.74, 6) is 2.22. The van der Waals surface area contributed by atoms with Gasteiger partial charge in [-0.3, -0.25) is 4.90 Å². The first-order valence-corrected chi connectivity index (χ1v) is 6.50. The maximum absolute atomic E-state index is 5.17. The van der Waals surface area contributed by atoms with Gasteiger partial charge in [-0.15, -0.1) is 0 Å². The minimum atomic E-state index is 0.723. The average Bonchev–Trinajstić information content (AvgIpc) is 2.73. The van der Waals surface area contributed by atoms with Gasteiger partial charge < -0.3 is 9.84 Å². The highest BCUT2D eigenvalue weighted by atomic mass is 16.5. The molecule has 1 saturated heterocycles. The molecule has 1 aliphatic rings. The summed E-state index contributed by atoms with van der Waals surface area (Å²) >= 11 is 0. The molecule has 0 bridgehead atoms. The quantitative estimate of drug-likeness (QED) is 0.835. The Kier molecular flexibility index (Phi) is 4.50. The predicted octanol–water partition coefficient (Wildman–Crippen LogP) is 1.20. The van der Waals surface area contributed by atoms with Gasteiger partial charge in [0.2, 0.25) is 5.89 Å². The second-order valence-corrected chi connectivity index (χ2v) is 4.79. The molecule has 1 aliphatic heterocycles. The number of nitrogens with zero attached hydrogens (tertiary/aromatic N) is 3. The van der Waals surface area contributed by atoms with Crippen LogP contribution in [0, 0.1) is 12.8 Å². The van der Waals surface area contributed by atoms with Gasteiger partial charge in [-0.25, -0.2) is 0 Å². The molecule has 5 heteroatoms. The zero-order valence-electron chi connectivity index (χ0n) is 10.8. The SMILES string of the molecule is CCNCC1CCCN(Cc2nc(C)no2)C1. The van der Waals surface area contributed by atoms with E-state index in [1.807, 2.05) is 6.92 Å². The molecule has 0 saturated carbocycles. The monoisotopic (exact) mass is 238 g/mol. The number of hydrogen-bond donors (Lipinski definition) is 1. The van der Waals surface area contributed by atoms with Crippen molar-refractivity contribution in [3.8, 4) is 0 Å². The molecule has 1 fully saturated rings. The lowest BCUT2D eigenvalue weighted by Gasteiger charge is -2.31. The first-order chi connectivity index (χ1) is 8.28. The lowest BCUT2D eigenvalue weighted by atomic mass is 9.98. The summed E-state index contributed by atoms with van der Waals surface area (Å²) < 4.78 is 5.17. The fourth-order valence-electron chi connectivity index (χ4n) is 2.41. The van der Waals surface area contributed by atoms with E-state index < -0.39 is 0 Å². The van der Waals surface area contributed by atoms with E-state index in [2.05, 4.69) is 27.3 Å². The maximum Gasteiger partial charge on any atom is 0.240 e. The molecule has 0 aliphatic carbocycles. The fraction of sp³-hybridized carbons (Fsp3) is 0.833. The second-order valence-electron chi connectivity index (χ2n) is 4.79.